The maximum atomic E-state index is 12.9. The number of pyridine rings is 1. The largest absolute Gasteiger partial charge is 0.318 e. The van der Waals surface area contributed by atoms with Crippen molar-refractivity contribution in [3.8, 4) is 5.69 Å². The van der Waals surface area contributed by atoms with Crippen LogP contribution in [-0.4, -0.2) is 20.7 Å². The van der Waals surface area contributed by atoms with Crippen molar-refractivity contribution in [1.82, 2.24) is 9.55 Å². The third-order valence-corrected chi connectivity index (χ3v) is 5.64. The zero-order chi connectivity index (χ0) is 19.8. The van der Waals surface area contributed by atoms with Crippen molar-refractivity contribution >= 4 is 46.3 Å². The maximum Gasteiger partial charge on any atom is 0.298 e. The number of nitrogens with zero attached hydrogens (tertiary/aromatic N) is 3. The number of thioether (sulfide) groups is 1. The number of hydrogen-bond donors (Lipinski definition) is 0. The average Bonchev–Trinajstić information content (AvgIpc) is 3.11. The van der Waals surface area contributed by atoms with E-state index in [9.17, 15) is 9.59 Å². The molecule has 0 saturated carbocycles. The van der Waals surface area contributed by atoms with E-state index < -0.39 is 0 Å². The molecule has 1 aliphatic rings. The fourth-order valence-electron chi connectivity index (χ4n) is 3.27. The van der Waals surface area contributed by atoms with Crippen LogP contribution >= 0.6 is 23.4 Å². The number of hydrogen-bond acceptors (Lipinski definition) is 4. The summed E-state index contributed by atoms with van der Waals surface area (Å²) < 4.78 is 2.09. The van der Waals surface area contributed by atoms with Gasteiger partial charge in [-0.15, -0.1) is 0 Å². The molecule has 0 aliphatic carbocycles. The third kappa shape index (κ3) is 3.25. The minimum Gasteiger partial charge on any atom is -0.318 e. The Bertz CT molecular complexity index is 1120. The van der Waals surface area contributed by atoms with E-state index in [4.69, 9.17) is 11.6 Å². The molecule has 0 atom stereocenters. The highest BCUT2D eigenvalue weighted by molar-refractivity contribution is 8.19. The summed E-state index contributed by atoms with van der Waals surface area (Å²) >= 11 is 6.94. The highest BCUT2D eigenvalue weighted by atomic mass is 35.5. The lowest BCUT2D eigenvalue weighted by Crippen LogP contribution is -2.27. The van der Waals surface area contributed by atoms with Crippen LogP contribution in [0.3, 0.4) is 0 Å². The number of anilines is 1. The molecule has 0 unspecified atom stereocenters. The second-order valence-corrected chi connectivity index (χ2v) is 7.79. The predicted molar refractivity (Wildman–Crippen MR) is 113 cm³/mol. The number of aromatic nitrogens is 2. The van der Waals surface area contributed by atoms with E-state index in [0.29, 0.717) is 15.6 Å². The van der Waals surface area contributed by atoms with Crippen LogP contribution in [0.25, 0.3) is 11.8 Å². The number of aryl methyl sites for hydroxylation is 1. The van der Waals surface area contributed by atoms with E-state index in [1.165, 1.54) is 0 Å². The number of amides is 2. The van der Waals surface area contributed by atoms with Crippen LogP contribution in [0.2, 0.25) is 5.02 Å². The summed E-state index contributed by atoms with van der Waals surface area (Å²) in [5.41, 5.74) is 4.38. The highest BCUT2D eigenvalue weighted by Gasteiger charge is 2.36. The molecule has 5 nitrogen and oxygen atoms in total. The van der Waals surface area contributed by atoms with Crippen LogP contribution in [-0.2, 0) is 4.79 Å². The molecule has 0 bridgehead atoms. The number of halogens is 1. The number of imide groups is 1. The van der Waals surface area contributed by atoms with Gasteiger partial charge in [-0.05, 0) is 73.6 Å². The molecular formula is C21H16ClN3O2S. The first-order chi connectivity index (χ1) is 13.5. The number of carbonyl (C=O) groups excluding carboxylic acids is 2. The van der Waals surface area contributed by atoms with Crippen molar-refractivity contribution < 1.29 is 9.59 Å². The zero-order valence-corrected chi connectivity index (χ0v) is 16.8. The number of carbonyl (C=O) groups is 2. The molecule has 3 aromatic rings. The summed E-state index contributed by atoms with van der Waals surface area (Å²) in [6.45, 7) is 3.99. The van der Waals surface area contributed by atoms with Crippen LogP contribution in [0, 0.1) is 13.8 Å². The van der Waals surface area contributed by atoms with E-state index >= 15 is 0 Å². The van der Waals surface area contributed by atoms with E-state index in [1.807, 2.05) is 32.0 Å². The smallest absolute Gasteiger partial charge is 0.298 e. The van der Waals surface area contributed by atoms with Crippen LogP contribution < -0.4 is 4.90 Å². The third-order valence-electron chi connectivity index (χ3n) is 4.54. The topological polar surface area (TPSA) is 55.2 Å². The van der Waals surface area contributed by atoms with Gasteiger partial charge in [0.2, 0.25) is 0 Å². The quantitative estimate of drug-likeness (QED) is 0.544. The summed E-state index contributed by atoms with van der Waals surface area (Å²) in [6.07, 6.45) is 5.25. The van der Waals surface area contributed by atoms with Crippen LogP contribution in [0.1, 0.15) is 17.0 Å². The lowest BCUT2D eigenvalue weighted by Gasteiger charge is -2.12. The second-order valence-electron chi connectivity index (χ2n) is 6.36. The van der Waals surface area contributed by atoms with E-state index in [0.717, 1.165) is 39.3 Å². The van der Waals surface area contributed by atoms with Crippen molar-refractivity contribution in [2.45, 2.75) is 13.8 Å². The van der Waals surface area contributed by atoms with Gasteiger partial charge < -0.3 is 4.57 Å². The van der Waals surface area contributed by atoms with E-state index in [-0.39, 0.29) is 11.1 Å². The molecule has 2 aromatic heterocycles. The van der Waals surface area contributed by atoms with Gasteiger partial charge in [-0.2, -0.15) is 0 Å². The number of rotatable bonds is 3. The van der Waals surface area contributed by atoms with Crippen molar-refractivity contribution in [2.75, 3.05) is 4.90 Å². The molecule has 3 heterocycles. The summed E-state index contributed by atoms with van der Waals surface area (Å²) in [5, 5.41) is 0.142. The Balaban J connectivity index is 1.71. The summed E-state index contributed by atoms with van der Waals surface area (Å²) in [4.78, 5) is 30.9. The first-order valence-electron chi connectivity index (χ1n) is 8.58. The molecule has 4 rings (SSSR count). The lowest BCUT2D eigenvalue weighted by molar-refractivity contribution is -0.113. The summed E-state index contributed by atoms with van der Waals surface area (Å²) in [6, 6.07) is 12.6. The molecule has 7 heteroatoms. The number of benzene rings is 1. The Morgan fingerprint density at radius 1 is 1.04 bits per heavy atom. The van der Waals surface area contributed by atoms with Crippen molar-refractivity contribution in [2.24, 2.45) is 0 Å². The van der Waals surface area contributed by atoms with Gasteiger partial charge in [0.1, 0.15) is 0 Å². The van der Waals surface area contributed by atoms with Gasteiger partial charge in [-0.25, -0.2) is 4.90 Å². The molecule has 0 spiro atoms. The molecule has 1 aliphatic heterocycles. The minimum atomic E-state index is -0.342. The Morgan fingerprint density at radius 2 is 1.79 bits per heavy atom. The van der Waals surface area contributed by atoms with Crippen LogP contribution in [0.5, 0.6) is 0 Å². The molecule has 1 aromatic carbocycles. The van der Waals surface area contributed by atoms with Gasteiger partial charge in [0, 0.05) is 34.5 Å². The molecule has 0 radical (unpaired) electrons. The lowest BCUT2D eigenvalue weighted by atomic mass is 10.2. The first-order valence-corrected chi connectivity index (χ1v) is 9.78. The van der Waals surface area contributed by atoms with Crippen molar-refractivity contribution in [1.29, 1.82) is 0 Å². The van der Waals surface area contributed by atoms with Crippen molar-refractivity contribution in [3.63, 3.8) is 0 Å². The SMILES string of the molecule is Cc1cc(/C=C2/SC(=O)N(c3cccc(Cl)c3)C2=O)c(C)n1-c1ccncc1. The first kappa shape index (κ1) is 18.5. The molecule has 0 N–H and O–H groups in total. The second kappa shape index (κ2) is 7.30. The Labute approximate surface area is 171 Å². The van der Waals surface area contributed by atoms with Gasteiger partial charge in [0.25, 0.3) is 11.1 Å². The Hall–Kier alpha value is -2.83. The van der Waals surface area contributed by atoms with E-state index in [2.05, 4.69) is 9.55 Å². The average molecular weight is 410 g/mol. The molecule has 1 saturated heterocycles. The monoisotopic (exact) mass is 409 g/mol. The summed E-state index contributed by atoms with van der Waals surface area (Å²) in [7, 11) is 0. The highest BCUT2D eigenvalue weighted by Crippen LogP contribution is 2.37. The predicted octanol–water partition coefficient (Wildman–Crippen LogP) is 5.38. The van der Waals surface area contributed by atoms with Gasteiger partial charge in [-0.1, -0.05) is 17.7 Å². The standard InChI is InChI=1S/C21H16ClN3O2S/c1-13-10-15(14(2)24(13)17-6-8-23-9-7-17)11-19-20(26)25(21(27)28-19)18-5-3-4-16(22)12-18/h3-12H,1-2H3/b19-11+. The van der Waals surface area contributed by atoms with Crippen LogP contribution in [0.4, 0.5) is 10.5 Å². The zero-order valence-electron chi connectivity index (χ0n) is 15.2. The minimum absolute atomic E-state index is 0.332. The maximum absolute atomic E-state index is 12.9. The van der Waals surface area contributed by atoms with Crippen LogP contribution in [0.15, 0.2) is 59.8 Å². The molecule has 1 fully saturated rings. The summed E-state index contributed by atoms with van der Waals surface area (Å²) in [5.74, 6) is -0.342. The van der Waals surface area contributed by atoms with Gasteiger partial charge in [0.15, 0.2) is 0 Å². The molecular weight excluding hydrogens is 394 g/mol. The van der Waals surface area contributed by atoms with Gasteiger partial charge in [-0.3, -0.25) is 14.6 Å². The molecule has 2 amide bonds. The fourth-order valence-corrected chi connectivity index (χ4v) is 4.29. The van der Waals surface area contributed by atoms with E-state index in [1.54, 1.807) is 42.7 Å². The molecule has 28 heavy (non-hydrogen) atoms. The Kier molecular flexibility index (Phi) is 4.83. The normalized spacial score (nSPS) is 15.7. The van der Waals surface area contributed by atoms with Gasteiger partial charge >= 0.3 is 0 Å². The molecule has 140 valence electrons. The van der Waals surface area contributed by atoms with Crippen molar-refractivity contribution in [3.05, 3.63) is 81.7 Å². The Morgan fingerprint density at radius 3 is 2.50 bits per heavy atom. The fraction of sp³-hybridized carbons (Fsp3) is 0.0952. The van der Waals surface area contributed by atoms with Gasteiger partial charge in [0.05, 0.1) is 10.6 Å².